The lowest BCUT2D eigenvalue weighted by atomic mass is 10.0. The molecule has 0 amide bonds. The Labute approximate surface area is 106 Å². The Kier molecular flexibility index (Phi) is 7.04. The minimum Gasteiger partial charge on any atom is -0.379 e. The quantitative estimate of drug-likeness (QED) is 0.649. The van der Waals surface area contributed by atoms with Crippen LogP contribution in [0, 0.1) is 0 Å². The third kappa shape index (κ3) is 5.82. The van der Waals surface area contributed by atoms with E-state index in [2.05, 4.69) is 24.1 Å². The van der Waals surface area contributed by atoms with Crippen molar-refractivity contribution < 1.29 is 9.47 Å². The Morgan fingerprint density at radius 1 is 1.35 bits per heavy atom. The summed E-state index contributed by atoms with van der Waals surface area (Å²) in [5.41, 5.74) is -0.0149. The lowest BCUT2D eigenvalue weighted by Gasteiger charge is -2.28. The average Bonchev–Trinajstić information content (AvgIpc) is 2.39. The van der Waals surface area contributed by atoms with Crippen LogP contribution in [0.25, 0.3) is 0 Å². The number of hydrogen-bond donors (Lipinski definition) is 1. The number of methoxy groups -OCH3 is 1. The second-order valence-electron chi connectivity index (χ2n) is 4.99. The maximum Gasteiger partial charge on any atom is 0.0771 e. The first kappa shape index (κ1) is 14.9. The highest BCUT2D eigenvalue weighted by molar-refractivity contribution is 4.75. The standard InChI is InChI=1S/C13H28N2O2/c1-4-13(2,16-3)12-14-6-5-7-15-8-10-17-11-9-15/h14H,4-12H2,1-3H3. The number of hydrogen-bond acceptors (Lipinski definition) is 4. The summed E-state index contributed by atoms with van der Waals surface area (Å²) in [5.74, 6) is 0. The van der Waals surface area contributed by atoms with Crippen molar-refractivity contribution in [3.8, 4) is 0 Å². The summed E-state index contributed by atoms with van der Waals surface area (Å²) in [6, 6.07) is 0. The molecule has 0 radical (unpaired) electrons. The van der Waals surface area contributed by atoms with Gasteiger partial charge in [0.2, 0.25) is 0 Å². The van der Waals surface area contributed by atoms with Crippen molar-refractivity contribution in [3.63, 3.8) is 0 Å². The smallest absolute Gasteiger partial charge is 0.0771 e. The Bertz CT molecular complexity index is 190. The van der Waals surface area contributed by atoms with Crippen molar-refractivity contribution in [1.82, 2.24) is 10.2 Å². The molecule has 4 heteroatoms. The van der Waals surface area contributed by atoms with E-state index >= 15 is 0 Å². The van der Waals surface area contributed by atoms with Gasteiger partial charge in [0.05, 0.1) is 18.8 Å². The minimum absolute atomic E-state index is 0.0149. The fourth-order valence-electron chi connectivity index (χ4n) is 1.95. The summed E-state index contributed by atoms with van der Waals surface area (Å²) >= 11 is 0. The topological polar surface area (TPSA) is 33.7 Å². The number of ether oxygens (including phenoxy) is 2. The Morgan fingerprint density at radius 3 is 2.65 bits per heavy atom. The molecule has 1 saturated heterocycles. The van der Waals surface area contributed by atoms with Gasteiger partial charge in [0.15, 0.2) is 0 Å². The van der Waals surface area contributed by atoms with E-state index in [1.807, 2.05) is 0 Å². The number of nitrogens with zero attached hydrogens (tertiary/aromatic N) is 1. The Balaban J connectivity index is 2.00. The molecule has 0 aromatic rings. The maximum atomic E-state index is 5.49. The van der Waals surface area contributed by atoms with Crippen LogP contribution in [0.15, 0.2) is 0 Å². The predicted molar refractivity (Wildman–Crippen MR) is 70.5 cm³/mol. The first-order chi connectivity index (χ1) is 8.20. The Morgan fingerprint density at radius 2 is 2.06 bits per heavy atom. The van der Waals surface area contributed by atoms with Crippen molar-refractivity contribution in [3.05, 3.63) is 0 Å². The largest absolute Gasteiger partial charge is 0.379 e. The summed E-state index contributed by atoms with van der Waals surface area (Å²) in [5, 5.41) is 3.48. The van der Waals surface area contributed by atoms with Crippen LogP contribution in [-0.2, 0) is 9.47 Å². The lowest BCUT2D eigenvalue weighted by molar-refractivity contribution is 0.00339. The van der Waals surface area contributed by atoms with Gasteiger partial charge in [-0.05, 0) is 32.9 Å². The molecule has 1 fully saturated rings. The van der Waals surface area contributed by atoms with Gasteiger partial charge in [0, 0.05) is 26.7 Å². The molecule has 1 aliphatic heterocycles. The van der Waals surface area contributed by atoms with Crippen LogP contribution in [-0.4, -0.2) is 63.5 Å². The molecule has 0 spiro atoms. The number of nitrogens with one attached hydrogen (secondary N) is 1. The third-order valence-corrected chi connectivity index (χ3v) is 3.67. The number of morpholine rings is 1. The van der Waals surface area contributed by atoms with Crippen molar-refractivity contribution in [2.75, 3.05) is 53.0 Å². The summed E-state index contributed by atoms with van der Waals surface area (Å²) < 4.78 is 10.8. The summed E-state index contributed by atoms with van der Waals surface area (Å²) in [6.45, 7) is 11.5. The molecule has 4 nitrogen and oxygen atoms in total. The molecule has 102 valence electrons. The van der Waals surface area contributed by atoms with E-state index in [4.69, 9.17) is 9.47 Å². The summed E-state index contributed by atoms with van der Waals surface area (Å²) in [4.78, 5) is 2.47. The van der Waals surface area contributed by atoms with E-state index in [9.17, 15) is 0 Å². The van der Waals surface area contributed by atoms with Gasteiger partial charge in [-0.25, -0.2) is 0 Å². The van der Waals surface area contributed by atoms with E-state index < -0.39 is 0 Å². The molecule has 17 heavy (non-hydrogen) atoms. The van der Waals surface area contributed by atoms with Gasteiger partial charge in [0.1, 0.15) is 0 Å². The van der Waals surface area contributed by atoms with Crippen LogP contribution in [0.2, 0.25) is 0 Å². The fourth-order valence-corrected chi connectivity index (χ4v) is 1.95. The van der Waals surface area contributed by atoms with Gasteiger partial charge >= 0.3 is 0 Å². The average molecular weight is 244 g/mol. The number of rotatable bonds is 8. The van der Waals surface area contributed by atoms with Gasteiger partial charge in [-0.3, -0.25) is 4.90 Å². The molecular weight excluding hydrogens is 216 g/mol. The molecule has 1 rings (SSSR count). The van der Waals surface area contributed by atoms with E-state index in [0.717, 1.165) is 45.8 Å². The normalized spacial score (nSPS) is 21.4. The highest BCUT2D eigenvalue weighted by Gasteiger charge is 2.19. The molecule has 0 aromatic heterocycles. The lowest BCUT2D eigenvalue weighted by Crippen LogP contribution is -2.41. The zero-order valence-corrected chi connectivity index (χ0v) is 11.6. The van der Waals surface area contributed by atoms with E-state index in [1.54, 1.807) is 7.11 Å². The summed E-state index contributed by atoms with van der Waals surface area (Å²) in [7, 11) is 1.79. The second-order valence-corrected chi connectivity index (χ2v) is 4.99. The highest BCUT2D eigenvalue weighted by atomic mass is 16.5. The molecule has 0 bridgehead atoms. The van der Waals surface area contributed by atoms with Gasteiger partial charge in [-0.1, -0.05) is 6.92 Å². The maximum absolute atomic E-state index is 5.49. The first-order valence-corrected chi connectivity index (χ1v) is 6.76. The summed E-state index contributed by atoms with van der Waals surface area (Å²) in [6.07, 6.45) is 2.24. The molecular formula is C13H28N2O2. The Hall–Kier alpha value is -0.160. The van der Waals surface area contributed by atoms with Crippen LogP contribution in [0.1, 0.15) is 26.7 Å². The first-order valence-electron chi connectivity index (χ1n) is 6.76. The van der Waals surface area contributed by atoms with Gasteiger partial charge in [0.25, 0.3) is 0 Å². The zero-order valence-electron chi connectivity index (χ0n) is 11.6. The van der Waals surface area contributed by atoms with Crippen LogP contribution in [0.3, 0.4) is 0 Å². The van der Waals surface area contributed by atoms with Crippen molar-refractivity contribution in [2.45, 2.75) is 32.3 Å². The molecule has 1 heterocycles. The van der Waals surface area contributed by atoms with Gasteiger partial charge in [-0.15, -0.1) is 0 Å². The molecule has 0 aromatic carbocycles. The van der Waals surface area contributed by atoms with E-state index in [0.29, 0.717) is 0 Å². The fraction of sp³-hybridized carbons (Fsp3) is 1.00. The van der Waals surface area contributed by atoms with Crippen molar-refractivity contribution >= 4 is 0 Å². The van der Waals surface area contributed by atoms with Crippen LogP contribution in [0.4, 0.5) is 0 Å². The molecule has 0 saturated carbocycles. The van der Waals surface area contributed by atoms with Crippen molar-refractivity contribution in [1.29, 1.82) is 0 Å². The van der Waals surface area contributed by atoms with Crippen LogP contribution < -0.4 is 5.32 Å². The van der Waals surface area contributed by atoms with Gasteiger partial charge in [-0.2, -0.15) is 0 Å². The monoisotopic (exact) mass is 244 g/mol. The third-order valence-electron chi connectivity index (χ3n) is 3.67. The van der Waals surface area contributed by atoms with Crippen LogP contribution in [0.5, 0.6) is 0 Å². The van der Waals surface area contributed by atoms with E-state index in [1.165, 1.54) is 13.0 Å². The van der Waals surface area contributed by atoms with Crippen molar-refractivity contribution in [2.24, 2.45) is 0 Å². The molecule has 0 aliphatic carbocycles. The van der Waals surface area contributed by atoms with Gasteiger partial charge < -0.3 is 14.8 Å². The highest BCUT2D eigenvalue weighted by Crippen LogP contribution is 2.11. The molecule has 1 unspecified atom stereocenters. The minimum atomic E-state index is -0.0149. The van der Waals surface area contributed by atoms with Crippen LogP contribution >= 0.6 is 0 Å². The molecule has 1 N–H and O–H groups in total. The molecule has 1 aliphatic rings. The SMILES string of the molecule is CCC(C)(CNCCCN1CCOCC1)OC. The molecule has 1 atom stereocenters. The zero-order chi connectivity index (χ0) is 12.6. The van der Waals surface area contributed by atoms with E-state index in [-0.39, 0.29) is 5.60 Å². The predicted octanol–water partition coefficient (Wildman–Crippen LogP) is 1.11. The second kappa shape index (κ2) is 8.03.